The summed E-state index contributed by atoms with van der Waals surface area (Å²) >= 11 is 0. The maximum atomic E-state index is 4.12. The van der Waals surface area contributed by atoms with Crippen molar-refractivity contribution in [1.82, 2.24) is 0 Å². The van der Waals surface area contributed by atoms with Gasteiger partial charge in [0.05, 0.1) is 0 Å². The summed E-state index contributed by atoms with van der Waals surface area (Å²) in [6.45, 7) is 18.3. The highest BCUT2D eigenvalue weighted by Crippen LogP contribution is 2.49. The van der Waals surface area contributed by atoms with Crippen molar-refractivity contribution >= 4 is 7.92 Å². The van der Waals surface area contributed by atoms with Crippen molar-refractivity contribution in [3.05, 3.63) is 12.2 Å². The molecule has 0 rings (SSSR count). The summed E-state index contributed by atoms with van der Waals surface area (Å²) in [6, 6.07) is 0. The molecule has 0 saturated heterocycles. The fourth-order valence-corrected chi connectivity index (χ4v) is 4.98. The second-order valence-electron chi connectivity index (χ2n) is 5.17. The molecule has 0 spiro atoms. The lowest BCUT2D eigenvalue weighted by Crippen LogP contribution is -2.16. The molecule has 0 radical (unpaired) electrons. The van der Waals surface area contributed by atoms with Gasteiger partial charge < -0.3 is 0 Å². The second-order valence-corrected chi connectivity index (χ2v) is 8.49. The molecule has 0 aromatic carbocycles. The minimum Gasteiger partial charge on any atom is -0.101 e. The molecule has 2 unspecified atom stereocenters. The molecule has 0 saturated carbocycles. The molecule has 0 aliphatic heterocycles. The number of hydrogen-bond donors (Lipinski definition) is 0. The van der Waals surface area contributed by atoms with Crippen molar-refractivity contribution in [1.29, 1.82) is 0 Å². The van der Waals surface area contributed by atoms with Gasteiger partial charge in [-0.1, -0.05) is 53.7 Å². The highest BCUT2D eigenvalue weighted by Gasteiger charge is 2.22. The molecule has 0 aliphatic carbocycles. The molecular formula is C14H29P. The molecule has 2 atom stereocenters. The Kier molecular flexibility index (Phi) is 7.53. The van der Waals surface area contributed by atoms with Crippen LogP contribution in [0.3, 0.4) is 0 Å². The molecule has 1 heteroatoms. The highest BCUT2D eigenvalue weighted by atomic mass is 31.1. The Morgan fingerprint density at radius 1 is 1.13 bits per heavy atom. The van der Waals surface area contributed by atoms with Gasteiger partial charge in [-0.05, 0) is 36.2 Å². The summed E-state index contributed by atoms with van der Waals surface area (Å²) in [5.74, 6) is 0.827. The predicted octanol–water partition coefficient (Wildman–Crippen LogP) is 5.28. The monoisotopic (exact) mass is 228 g/mol. The summed E-state index contributed by atoms with van der Waals surface area (Å²) in [5.41, 5.74) is 3.19. The van der Waals surface area contributed by atoms with E-state index in [1.54, 1.807) is 0 Å². The summed E-state index contributed by atoms with van der Waals surface area (Å²) in [6.07, 6.45) is 3.79. The first kappa shape index (κ1) is 15.2. The van der Waals surface area contributed by atoms with E-state index in [9.17, 15) is 0 Å². The van der Waals surface area contributed by atoms with Crippen LogP contribution >= 0.6 is 7.92 Å². The second kappa shape index (κ2) is 7.44. The van der Waals surface area contributed by atoms with Crippen LogP contribution in [0.5, 0.6) is 0 Å². The van der Waals surface area contributed by atoms with E-state index < -0.39 is 0 Å². The van der Waals surface area contributed by atoms with Crippen LogP contribution < -0.4 is 0 Å². The largest absolute Gasteiger partial charge is 0.101 e. The Hall–Kier alpha value is 0.170. The van der Waals surface area contributed by atoms with Gasteiger partial charge in [-0.2, -0.15) is 0 Å². The molecule has 90 valence electrons. The average molecular weight is 228 g/mol. The molecule has 0 N–H and O–H groups in total. The molecule has 0 heterocycles. The molecule has 0 bridgehead atoms. The first-order chi connectivity index (χ1) is 6.90. The van der Waals surface area contributed by atoms with Crippen LogP contribution in [0, 0.1) is 5.92 Å². The topological polar surface area (TPSA) is 0 Å². The fraction of sp³-hybridized carbons (Fsp3) is 0.857. The third-order valence-corrected chi connectivity index (χ3v) is 7.08. The van der Waals surface area contributed by atoms with E-state index in [0.29, 0.717) is 0 Å². The summed E-state index contributed by atoms with van der Waals surface area (Å²) in [5, 5.41) is 0. The minimum atomic E-state index is 0.181. The Morgan fingerprint density at radius 3 is 2.00 bits per heavy atom. The van der Waals surface area contributed by atoms with E-state index in [4.69, 9.17) is 0 Å². The van der Waals surface area contributed by atoms with Crippen LogP contribution in [-0.2, 0) is 0 Å². The van der Waals surface area contributed by atoms with Crippen LogP contribution in [0.25, 0.3) is 0 Å². The van der Waals surface area contributed by atoms with Crippen LogP contribution in [0.4, 0.5) is 0 Å². The zero-order valence-corrected chi connectivity index (χ0v) is 12.4. The normalized spacial score (nSPS) is 15.7. The smallest absolute Gasteiger partial charge is 0.0212 e. The van der Waals surface area contributed by atoms with Crippen molar-refractivity contribution < 1.29 is 0 Å². The van der Waals surface area contributed by atoms with Crippen LogP contribution in [0.1, 0.15) is 54.4 Å². The molecular weight excluding hydrogens is 199 g/mol. The Morgan fingerprint density at radius 2 is 1.67 bits per heavy atom. The number of allylic oxidation sites excluding steroid dienone is 1. The summed E-state index contributed by atoms with van der Waals surface area (Å²) < 4.78 is 0. The van der Waals surface area contributed by atoms with Gasteiger partial charge in [0.1, 0.15) is 0 Å². The van der Waals surface area contributed by atoms with Gasteiger partial charge in [-0.15, -0.1) is 7.92 Å². The van der Waals surface area contributed by atoms with Gasteiger partial charge in [-0.25, -0.2) is 0 Å². The first-order valence-electron chi connectivity index (χ1n) is 6.32. The molecule has 0 aromatic rings. The Bertz CT molecular complexity index is 182. The molecule has 0 fully saturated rings. The van der Waals surface area contributed by atoms with Gasteiger partial charge in [0.2, 0.25) is 0 Å². The quantitative estimate of drug-likeness (QED) is 0.411. The fourth-order valence-electron chi connectivity index (χ4n) is 1.78. The summed E-state index contributed by atoms with van der Waals surface area (Å²) in [4.78, 5) is 0. The lowest BCUT2D eigenvalue weighted by molar-refractivity contribution is 0.629. The maximum Gasteiger partial charge on any atom is -0.0212 e. The van der Waals surface area contributed by atoms with Crippen molar-refractivity contribution in [3.8, 4) is 0 Å². The van der Waals surface area contributed by atoms with E-state index in [1.165, 1.54) is 18.2 Å². The van der Waals surface area contributed by atoms with E-state index >= 15 is 0 Å². The Balaban J connectivity index is 4.22. The lowest BCUT2D eigenvalue weighted by Gasteiger charge is -2.31. The van der Waals surface area contributed by atoms with Crippen molar-refractivity contribution in [2.24, 2.45) is 5.92 Å². The van der Waals surface area contributed by atoms with Gasteiger partial charge in [0.15, 0.2) is 0 Å². The highest BCUT2D eigenvalue weighted by molar-refractivity contribution is 7.59. The minimum absolute atomic E-state index is 0.181. The average Bonchev–Trinajstić information content (AvgIpc) is 2.16. The molecule has 0 nitrogen and oxygen atoms in total. The van der Waals surface area contributed by atoms with E-state index in [1.807, 2.05) is 0 Å². The van der Waals surface area contributed by atoms with Gasteiger partial charge >= 0.3 is 0 Å². The number of hydrogen-bond acceptors (Lipinski definition) is 0. The van der Waals surface area contributed by atoms with Crippen LogP contribution in [-0.4, -0.2) is 17.5 Å². The zero-order chi connectivity index (χ0) is 12.0. The van der Waals surface area contributed by atoms with Gasteiger partial charge in [0.25, 0.3) is 0 Å². The number of rotatable bonds is 7. The van der Waals surface area contributed by atoms with Crippen LogP contribution in [0.15, 0.2) is 12.2 Å². The lowest BCUT2D eigenvalue weighted by atomic mass is 10.1. The van der Waals surface area contributed by atoms with Gasteiger partial charge in [-0.3, -0.25) is 0 Å². The van der Waals surface area contributed by atoms with E-state index in [0.717, 1.165) is 23.7 Å². The molecule has 0 aliphatic rings. The SMILES string of the molecule is C=C(CC)CCP(C(C)C)C(C)C(C)C. The first-order valence-corrected chi connectivity index (χ1v) is 7.99. The Labute approximate surface area is 98.3 Å². The molecule has 0 amide bonds. The van der Waals surface area contributed by atoms with Crippen molar-refractivity contribution in [3.63, 3.8) is 0 Å². The van der Waals surface area contributed by atoms with Crippen molar-refractivity contribution in [2.45, 2.75) is 65.7 Å². The third-order valence-electron chi connectivity index (χ3n) is 3.37. The van der Waals surface area contributed by atoms with E-state index in [-0.39, 0.29) is 7.92 Å². The predicted molar refractivity (Wildman–Crippen MR) is 75.3 cm³/mol. The third kappa shape index (κ3) is 5.71. The van der Waals surface area contributed by atoms with Crippen LogP contribution in [0.2, 0.25) is 0 Å². The standard InChI is InChI=1S/C14H29P/c1-8-13(6)9-10-15(12(4)5)14(7)11(2)3/h11-12,14H,6,8-10H2,1-5,7H3. The zero-order valence-electron chi connectivity index (χ0n) is 11.5. The maximum absolute atomic E-state index is 4.12. The summed E-state index contributed by atoms with van der Waals surface area (Å²) in [7, 11) is 0.181. The van der Waals surface area contributed by atoms with Crippen molar-refractivity contribution in [2.75, 3.05) is 6.16 Å². The van der Waals surface area contributed by atoms with Gasteiger partial charge in [0, 0.05) is 0 Å². The molecule has 0 aromatic heterocycles. The van der Waals surface area contributed by atoms with E-state index in [2.05, 4.69) is 48.1 Å². The molecule has 15 heavy (non-hydrogen) atoms.